The van der Waals surface area contributed by atoms with E-state index in [1.165, 1.54) is 23.8 Å². The van der Waals surface area contributed by atoms with Gasteiger partial charge >= 0.3 is 0 Å². The SMILES string of the molecule is COCC(=O)N1CC(NC(=O)C(C)c2ccccc2)C(=O)N(CC(=O)N[C@H](C=O)CC(C)=O)c2ccccc21. The first kappa shape index (κ1) is 29.2. The Labute approximate surface area is 226 Å². The molecular weight excluding hydrogens is 504 g/mol. The molecule has 2 N–H and O–H groups in total. The van der Waals surface area contributed by atoms with Crippen LogP contribution in [0.5, 0.6) is 0 Å². The highest BCUT2D eigenvalue weighted by Gasteiger charge is 2.38. The quantitative estimate of drug-likeness (QED) is 0.408. The number of methoxy groups -OCH3 is 1. The van der Waals surface area contributed by atoms with Crippen LogP contribution in [0.2, 0.25) is 0 Å². The van der Waals surface area contributed by atoms with Crippen LogP contribution in [0, 0.1) is 0 Å². The van der Waals surface area contributed by atoms with E-state index in [4.69, 9.17) is 4.74 Å². The van der Waals surface area contributed by atoms with Crippen molar-refractivity contribution in [2.45, 2.75) is 38.3 Å². The third-order valence-electron chi connectivity index (χ3n) is 6.29. The van der Waals surface area contributed by atoms with Crippen molar-refractivity contribution < 1.29 is 33.5 Å². The van der Waals surface area contributed by atoms with Gasteiger partial charge in [0.15, 0.2) is 0 Å². The summed E-state index contributed by atoms with van der Waals surface area (Å²) in [6, 6.07) is 13.3. The molecule has 2 unspecified atom stereocenters. The number of Topliss-reactive ketones (excluding diaryl/α,β-unsaturated/α-hetero) is 1. The summed E-state index contributed by atoms with van der Waals surface area (Å²) >= 11 is 0. The van der Waals surface area contributed by atoms with Crippen LogP contribution >= 0.6 is 0 Å². The van der Waals surface area contributed by atoms with Gasteiger partial charge in [0.05, 0.1) is 29.9 Å². The number of rotatable bonds is 11. The van der Waals surface area contributed by atoms with Gasteiger partial charge in [0.25, 0.3) is 11.8 Å². The Bertz CT molecular complexity index is 1230. The summed E-state index contributed by atoms with van der Waals surface area (Å²) in [5.41, 5.74) is 1.36. The second-order valence-corrected chi connectivity index (χ2v) is 9.26. The Balaban J connectivity index is 1.95. The maximum Gasteiger partial charge on any atom is 0.253 e. The van der Waals surface area contributed by atoms with Crippen molar-refractivity contribution in [3.63, 3.8) is 0 Å². The minimum atomic E-state index is -1.19. The molecule has 11 heteroatoms. The third kappa shape index (κ3) is 7.35. The van der Waals surface area contributed by atoms with Crippen LogP contribution in [0.3, 0.4) is 0 Å². The highest BCUT2D eigenvalue weighted by molar-refractivity contribution is 6.10. The molecule has 4 amide bonds. The Hall–Kier alpha value is -4.38. The molecule has 0 fully saturated rings. The predicted octanol–water partition coefficient (Wildman–Crippen LogP) is 0.964. The zero-order valence-corrected chi connectivity index (χ0v) is 22.1. The number of nitrogens with one attached hydrogen (secondary N) is 2. The van der Waals surface area contributed by atoms with E-state index in [1.54, 1.807) is 55.5 Å². The minimum absolute atomic E-state index is 0.185. The van der Waals surface area contributed by atoms with E-state index in [0.717, 1.165) is 5.56 Å². The average molecular weight is 537 g/mol. The van der Waals surface area contributed by atoms with Gasteiger partial charge in [0.1, 0.15) is 31.3 Å². The van der Waals surface area contributed by atoms with E-state index in [9.17, 15) is 28.8 Å². The summed E-state index contributed by atoms with van der Waals surface area (Å²) < 4.78 is 5.03. The molecule has 0 spiro atoms. The van der Waals surface area contributed by atoms with Gasteiger partial charge in [0, 0.05) is 13.5 Å². The van der Waals surface area contributed by atoms with Crippen molar-refractivity contribution >= 4 is 47.1 Å². The predicted molar refractivity (Wildman–Crippen MR) is 143 cm³/mol. The number of carbonyl (C=O) groups is 6. The van der Waals surface area contributed by atoms with E-state index in [1.807, 2.05) is 6.07 Å². The number of benzene rings is 2. The fraction of sp³-hybridized carbons (Fsp3) is 0.357. The lowest BCUT2D eigenvalue weighted by Gasteiger charge is -2.26. The topological polar surface area (TPSA) is 142 Å². The second-order valence-electron chi connectivity index (χ2n) is 9.26. The van der Waals surface area contributed by atoms with Crippen LogP contribution < -0.4 is 20.4 Å². The van der Waals surface area contributed by atoms with Gasteiger partial charge < -0.3 is 25.1 Å². The normalized spacial score (nSPS) is 16.4. The number of nitrogens with zero attached hydrogens (tertiary/aromatic N) is 2. The Morgan fingerprint density at radius 3 is 2.31 bits per heavy atom. The lowest BCUT2D eigenvalue weighted by Crippen LogP contribution is -2.55. The molecular formula is C28H32N4O7. The van der Waals surface area contributed by atoms with E-state index < -0.39 is 48.2 Å². The summed E-state index contributed by atoms with van der Waals surface area (Å²) in [7, 11) is 1.37. The Morgan fingerprint density at radius 1 is 1.05 bits per heavy atom. The number of anilines is 2. The van der Waals surface area contributed by atoms with Crippen molar-refractivity contribution in [2.75, 3.05) is 36.6 Å². The molecule has 2 aromatic rings. The van der Waals surface area contributed by atoms with Crippen LogP contribution in [0.4, 0.5) is 11.4 Å². The molecule has 0 saturated heterocycles. The molecule has 3 atom stereocenters. The molecule has 1 aliphatic rings. The van der Waals surface area contributed by atoms with Crippen molar-refractivity contribution in [3.05, 3.63) is 60.2 Å². The maximum atomic E-state index is 13.8. The summed E-state index contributed by atoms with van der Waals surface area (Å²) in [6.07, 6.45) is 0.270. The van der Waals surface area contributed by atoms with Crippen molar-refractivity contribution in [2.24, 2.45) is 0 Å². The van der Waals surface area contributed by atoms with Crippen molar-refractivity contribution in [1.82, 2.24) is 10.6 Å². The molecule has 2 aromatic carbocycles. The van der Waals surface area contributed by atoms with Gasteiger partial charge in [0.2, 0.25) is 11.8 Å². The average Bonchev–Trinajstić information content (AvgIpc) is 3.03. The van der Waals surface area contributed by atoms with E-state index >= 15 is 0 Å². The van der Waals surface area contributed by atoms with Gasteiger partial charge in [-0.2, -0.15) is 0 Å². The lowest BCUT2D eigenvalue weighted by atomic mass is 10.00. The van der Waals surface area contributed by atoms with Crippen molar-refractivity contribution in [3.8, 4) is 0 Å². The highest BCUT2D eigenvalue weighted by Crippen LogP contribution is 2.33. The number of ketones is 1. The number of carbonyl (C=O) groups excluding carboxylic acids is 6. The van der Waals surface area contributed by atoms with Crippen LogP contribution in [0.25, 0.3) is 0 Å². The Kier molecular flexibility index (Phi) is 10.0. The van der Waals surface area contributed by atoms with Gasteiger partial charge in [-0.25, -0.2) is 0 Å². The van der Waals surface area contributed by atoms with Gasteiger partial charge in [-0.15, -0.1) is 0 Å². The molecule has 0 aromatic heterocycles. The van der Waals surface area contributed by atoms with E-state index in [0.29, 0.717) is 12.0 Å². The van der Waals surface area contributed by atoms with Crippen LogP contribution in [-0.4, -0.2) is 74.6 Å². The molecule has 0 saturated carbocycles. The van der Waals surface area contributed by atoms with Crippen LogP contribution in [0.1, 0.15) is 31.7 Å². The molecule has 0 radical (unpaired) electrons. The molecule has 1 aliphatic heterocycles. The number of ether oxygens (including phenoxy) is 1. The first-order valence-electron chi connectivity index (χ1n) is 12.4. The zero-order chi connectivity index (χ0) is 28.5. The summed E-state index contributed by atoms with van der Waals surface area (Å²) in [5.74, 6) is -3.06. The monoisotopic (exact) mass is 536 g/mol. The molecule has 1 heterocycles. The number of aldehydes is 1. The highest BCUT2D eigenvalue weighted by atomic mass is 16.5. The molecule has 0 aliphatic carbocycles. The summed E-state index contributed by atoms with van der Waals surface area (Å²) in [6.45, 7) is 2.03. The Morgan fingerprint density at radius 2 is 1.69 bits per heavy atom. The van der Waals surface area contributed by atoms with Gasteiger partial charge in [-0.05, 0) is 31.5 Å². The summed E-state index contributed by atoms with van der Waals surface area (Å²) in [5, 5.41) is 5.21. The fourth-order valence-corrected chi connectivity index (χ4v) is 4.32. The maximum absolute atomic E-state index is 13.8. The molecule has 39 heavy (non-hydrogen) atoms. The minimum Gasteiger partial charge on any atom is -0.375 e. The molecule has 11 nitrogen and oxygen atoms in total. The number of para-hydroxylation sites is 2. The first-order chi connectivity index (χ1) is 18.7. The summed E-state index contributed by atoms with van der Waals surface area (Å²) in [4.78, 5) is 78.3. The fourth-order valence-electron chi connectivity index (χ4n) is 4.32. The van der Waals surface area contributed by atoms with Crippen LogP contribution in [0.15, 0.2) is 54.6 Å². The third-order valence-corrected chi connectivity index (χ3v) is 6.29. The molecule has 206 valence electrons. The second kappa shape index (κ2) is 13.4. The standard InChI is InChI=1S/C28H32N4O7/c1-18(34)13-21(16-33)29-25(35)15-32-24-12-8-7-11-23(24)31(26(36)17-39-3)14-22(28(32)38)30-27(37)19(2)20-9-5-4-6-10-20/h4-12,16,19,21-22H,13-15,17H2,1-3H3,(H,29,35)(H,30,37)/t19?,21-,22?/m0/s1. The van der Waals surface area contributed by atoms with E-state index in [-0.39, 0.29) is 31.0 Å². The molecule has 0 bridgehead atoms. The number of hydrogen-bond acceptors (Lipinski definition) is 7. The first-order valence-corrected chi connectivity index (χ1v) is 12.4. The van der Waals surface area contributed by atoms with Gasteiger partial charge in [-0.1, -0.05) is 42.5 Å². The van der Waals surface area contributed by atoms with Crippen LogP contribution in [-0.2, 0) is 33.5 Å². The molecule has 3 rings (SSSR count). The number of hydrogen-bond donors (Lipinski definition) is 2. The van der Waals surface area contributed by atoms with Gasteiger partial charge in [-0.3, -0.25) is 28.9 Å². The largest absolute Gasteiger partial charge is 0.375 e. The number of amides is 4. The lowest BCUT2D eigenvalue weighted by molar-refractivity contribution is -0.129. The van der Waals surface area contributed by atoms with E-state index in [2.05, 4.69) is 10.6 Å². The zero-order valence-electron chi connectivity index (χ0n) is 22.1. The number of fused-ring (bicyclic) bond motifs is 1. The smallest absolute Gasteiger partial charge is 0.253 e. The van der Waals surface area contributed by atoms with Crippen molar-refractivity contribution in [1.29, 1.82) is 0 Å².